The van der Waals surface area contributed by atoms with Crippen molar-refractivity contribution in [2.24, 2.45) is 5.41 Å². The first-order valence-corrected chi connectivity index (χ1v) is 6.13. The molecule has 108 valence electrons. The number of non-ortho nitro benzene ring substituents is 1. The van der Waals surface area contributed by atoms with Gasteiger partial charge in [0, 0.05) is 11.5 Å². The Morgan fingerprint density at radius 3 is 2.65 bits per heavy atom. The number of benzene rings is 1. The van der Waals surface area contributed by atoms with Gasteiger partial charge in [-0.05, 0) is 18.9 Å². The van der Waals surface area contributed by atoms with Crippen molar-refractivity contribution in [3.05, 3.63) is 28.3 Å². The second-order valence-electron chi connectivity index (χ2n) is 4.95. The topological polar surface area (TPSA) is 98.9 Å². The summed E-state index contributed by atoms with van der Waals surface area (Å²) in [5, 5.41) is 19.5. The van der Waals surface area contributed by atoms with Crippen molar-refractivity contribution in [3.63, 3.8) is 0 Å². The smallest absolute Gasteiger partial charge is 0.304 e. The molecule has 0 bridgehead atoms. The number of hydrogen-bond donors (Lipinski definition) is 1. The van der Waals surface area contributed by atoms with Gasteiger partial charge in [0.1, 0.15) is 0 Å². The van der Waals surface area contributed by atoms with E-state index in [0.717, 1.165) is 12.8 Å². The Labute approximate surface area is 115 Å². The molecule has 0 unspecified atom stereocenters. The molecule has 1 N–H and O–H groups in total. The lowest BCUT2D eigenvalue weighted by atomic mass is 10.0. The third-order valence-electron chi connectivity index (χ3n) is 3.38. The van der Waals surface area contributed by atoms with Gasteiger partial charge in [0.25, 0.3) is 5.69 Å². The summed E-state index contributed by atoms with van der Waals surface area (Å²) < 4.78 is 10.6. The molecule has 1 aliphatic rings. The van der Waals surface area contributed by atoms with Gasteiger partial charge in [-0.15, -0.1) is 0 Å². The van der Waals surface area contributed by atoms with Gasteiger partial charge < -0.3 is 14.6 Å². The quantitative estimate of drug-likeness (QED) is 0.607. The Bertz CT molecular complexity index is 538. The molecule has 1 aliphatic carbocycles. The average molecular weight is 281 g/mol. The highest BCUT2D eigenvalue weighted by Gasteiger charge is 2.45. The van der Waals surface area contributed by atoms with Crippen LogP contribution in [0.5, 0.6) is 11.5 Å². The second-order valence-corrected chi connectivity index (χ2v) is 4.95. The predicted molar refractivity (Wildman–Crippen MR) is 69.1 cm³/mol. The molecule has 1 aromatic rings. The van der Waals surface area contributed by atoms with Crippen molar-refractivity contribution in [2.45, 2.75) is 19.3 Å². The van der Waals surface area contributed by atoms with Gasteiger partial charge in [0.05, 0.1) is 31.1 Å². The monoisotopic (exact) mass is 281 g/mol. The minimum absolute atomic E-state index is 0.0717. The van der Waals surface area contributed by atoms with E-state index in [-0.39, 0.29) is 29.9 Å². The fourth-order valence-electron chi connectivity index (χ4n) is 1.99. The average Bonchev–Trinajstić information content (AvgIpc) is 3.15. The van der Waals surface area contributed by atoms with Crippen LogP contribution in [0.15, 0.2) is 18.2 Å². The lowest BCUT2D eigenvalue weighted by Gasteiger charge is -2.15. The van der Waals surface area contributed by atoms with Crippen LogP contribution < -0.4 is 9.47 Å². The molecule has 20 heavy (non-hydrogen) atoms. The molecule has 7 heteroatoms. The summed E-state index contributed by atoms with van der Waals surface area (Å²) >= 11 is 0. The number of hydrogen-bond acceptors (Lipinski definition) is 5. The minimum Gasteiger partial charge on any atom is -0.493 e. The van der Waals surface area contributed by atoms with Crippen molar-refractivity contribution < 1.29 is 24.3 Å². The number of nitro benzene ring substituents is 1. The van der Waals surface area contributed by atoms with Gasteiger partial charge in [-0.3, -0.25) is 14.9 Å². The van der Waals surface area contributed by atoms with Gasteiger partial charge in [0.2, 0.25) is 0 Å². The van der Waals surface area contributed by atoms with Crippen LogP contribution in [0.2, 0.25) is 0 Å². The third kappa shape index (κ3) is 3.17. The van der Waals surface area contributed by atoms with Gasteiger partial charge in [-0.2, -0.15) is 0 Å². The van der Waals surface area contributed by atoms with Crippen LogP contribution >= 0.6 is 0 Å². The van der Waals surface area contributed by atoms with E-state index in [1.807, 2.05) is 0 Å². The maximum atomic E-state index is 10.8. The molecule has 0 radical (unpaired) electrons. The Morgan fingerprint density at radius 2 is 2.15 bits per heavy atom. The highest BCUT2D eigenvalue weighted by Crippen LogP contribution is 2.49. The maximum absolute atomic E-state index is 10.8. The number of aliphatic carboxylic acids is 1. The van der Waals surface area contributed by atoms with Crippen molar-refractivity contribution >= 4 is 11.7 Å². The van der Waals surface area contributed by atoms with E-state index in [2.05, 4.69) is 0 Å². The summed E-state index contributed by atoms with van der Waals surface area (Å²) in [6.07, 6.45) is 1.70. The zero-order chi connectivity index (χ0) is 14.8. The number of rotatable bonds is 7. The molecule has 0 aromatic heterocycles. The van der Waals surface area contributed by atoms with Crippen LogP contribution in [0, 0.1) is 15.5 Å². The second kappa shape index (κ2) is 5.36. The van der Waals surface area contributed by atoms with Crippen LogP contribution in [0.25, 0.3) is 0 Å². The zero-order valence-electron chi connectivity index (χ0n) is 11.0. The first-order chi connectivity index (χ1) is 9.46. The summed E-state index contributed by atoms with van der Waals surface area (Å²) in [5.41, 5.74) is -0.389. The Kier molecular flexibility index (Phi) is 3.78. The standard InChI is InChI=1S/C13H15NO6/c1-19-11-6-9(14(17)18)2-3-10(11)20-8-13(4-5-13)7-12(15)16/h2-3,6H,4-5,7-8H2,1H3,(H,15,16). The number of nitro groups is 1. The fraction of sp³-hybridized carbons (Fsp3) is 0.462. The highest BCUT2D eigenvalue weighted by molar-refractivity contribution is 5.68. The fourth-order valence-corrected chi connectivity index (χ4v) is 1.99. The van der Waals surface area contributed by atoms with E-state index < -0.39 is 10.9 Å². The first-order valence-electron chi connectivity index (χ1n) is 6.13. The van der Waals surface area contributed by atoms with Crippen LogP contribution in [0.1, 0.15) is 19.3 Å². The first kappa shape index (κ1) is 14.1. The number of carboxylic acid groups (broad SMARTS) is 1. The summed E-state index contributed by atoms with van der Waals surface area (Å²) in [6.45, 7) is 0.271. The molecule has 7 nitrogen and oxygen atoms in total. The SMILES string of the molecule is COc1cc([N+](=O)[O-])ccc1OCC1(CC(=O)O)CC1. The van der Waals surface area contributed by atoms with E-state index in [1.165, 1.54) is 25.3 Å². The number of ether oxygens (including phenoxy) is 2. The highest BCUT2D eigenvalue weighted by atomic mass is 16.6. The predicted octanol–water partition coefficient (Wildman–Crippen LogP) is 2.24. The van der Waals surface area contributed by atoms with Gasteiger partial charge >= 0.3 is 5.97 Å². The van der Waals surface area contributed by atoms with E-state index in [9.17, 15) is 14.9 Å². The van der Waals surface area contributed by atoms with Crippen molar-refractivity contribution in [1.82, 2.24) is 0 Å². The molecule has 1 fully saturated rings. The number of methoxy groups -OCH3 is 1. The zero-order valence-corrected chi connectivity index (χ0v) is 11.0. The Morgan fingerprint density at radius 1 is 1.45 bits per heavy atom. The van der Waals surface area contributed by atoms with Gasteiger partial charge in [-0.1, -0.05) is 0 Å². The lowest BCUT2D eigenvalue weighted by Crippen LogP contribution is -2.17. The van der Waals surface area contributed by atoms with Crippen molar-refractivity contribution in [2.75, 3.05) is 13.7 Å². The van der Waals surface area contributed by atoms with Crippen LogP contribution in [0.4, 0.5) is 5.69 Å². The number of carboxylic acids is 1. The third-order valence-corrected chi connectivity index (χ3v) is 3.38. The molecule has 0 spiro atoms. The summed E-state index contributed by atoms with van der Waals surface area (Å²) in [7, 11) is 1.40. The normalized spacial score (nSPS) is 15.4. The molecule has 1 aromatic carbocycles. The number of nitrogens with zero attached hydrogens (tertiary/aromatic N) is 1. The molecule has 0 heterocycles. The summed E-state index contributed by atoms with van der Waals surface area (Å²) in [4.78, 5) is 20.9. The van der Waals surface area contributed by atoms with Gasteiger partial charge in [-0.25, -0.2) is 0 Å². The van der Waals surface area contributed by atoms with Crippen molar-refractivity contribution in [1.29, 1.82) is 0 Å². The molecular formula is C13H15NO6. The van der Waals surface area contributed by atoms with Crippen LogP contribution in [-0.2, 0) is 4.79 Å². The molecule has 0 saturated heterocycles. The van der Waals surface area contributed by atoms with Crippen LogP contribution in [-0.4, -0.2) is 29.7 Å². The molecule has 0 amide bonds. The van der Waals surface area contributed by atoms with E-state index in [4.69, 9.17) is 14.6 Å². The molecule has 0 aliphatic heterocycles. The molecule has 0 atom stereocenters. The van der Waals surface area contributed by atoms with Crippen molar-refractivity contribution in [3.8, 4) is 11.5 Å². The summed E-state index contributed by atoms with van der Waals surface area (Å²) in [5.74, 6) is -0.193. The van der Waals surface area contributed by atoms with Crippen LogP contribution in [0.3, 0.4) is 0 Å². The Balaban J connectivity index is 2.06. The molecular weight excluding hydrogens is 266 g/mol. The lowest BCUT2D eigenvalue weighted by molar-refractivity contribution is -0.385. The van der Waals surface area contributed by atoms with Gasteiger partial charge in [0.15, 0.2) is 11.5 Å². The Hall–Kier alpha value is -2.31. The molecule has 2 rings (SSSR count). The van der Waals surface area contributed by atoms with E-state index >= 15 is 0 Å². The van der Waals surface area contributed by atoms with E-state index in [0.29, 0.717) is 5.75 Å². The number of carbonyl (C=O) groups is 1. The molecule has 1 saturated carbocycles. The summed E-state index contributed by atoms with van der Waals surface area (Å²) in [6, 6.07) is 4.08. The largest absolute Gasteiger partial charge is 0.493 e. The minimum atomic E-state index is -0.846. The maximum Gasteiger partial charge on any atom is 0.304 e. The van der Waals surface area contributed by atoms with E-state index in [1.54, 1.807) is 0 Å².